The third-order valence-corrected chi connectivity index (χ3v) is 2.98. The number of amides is 1. The molecule has 4 nitrogen and oxygen atoms in total. The van der Waals surface area contributed by atoms with Crippen LogP contribution in [0.5, 0.6) is 0 Å². The minimum absolute atomic E-state index is 0.0809. The van der Waals surface area contributed by atoms with Crippen molar-refractivity contribution in [3.8, 4) is 11.5 Å². The fraction of sp³-hybridized carbons (Fsp3) is 0.750. The van der Waals surface area contributed by atoms with Gasteiger partial charge in [-0.1, -0.05) is 19.6 Å². The second kappa shape index (κ2) is 5.21. The van der Waals surface area contributed by atoms with Gasteiger partial charge in [0.25, 0.3) is 5.91 Å². The first-order valence-electron chi connectivity index (χ1n) is 5.81. The van der Waals surface area contributed by atoms with Crippen LogP contribution in [-0.2, 0) is 14.3 Å². The molecule has 1 aliphatic rings. The Kier molecular flexibility index (Phi) is 4.36. The Balaban J connectivity index is 2.32. The van der Waals surface area contributed by atoms with E-state index in [4.69, 9.17) is 9.47 Å². The van der Waals surface area contributed by atoms with Gasteiger partial charge in [-0.15, -0.1) is 5.54 Å². The number of carbonyl (C=O) groups excluding carboxylic acids is 1. The first-order chi connectivity index (χ1) is 7.68. The van der Waals surface area contributed by atoms with Crippen LogP contribution in [0.2, 0.25) is 19.6 Å². The van der Waals surface area contributed by atoms with Crippen LogP contribution in [0.25, 0.3) is 0 Å². The lowest BCUT2D eigenvalue weighted by Crippen LogP contribution is -2.34. The van der Waals surface area contributed by atoms with Crippen molar-refractivity contribution in [2.24, 2.45) is 0 Å². The average molecular weight is 255 g/mol. The molecule has 1 saturated heterocycles. The Morgan fingerprint density at radius 3 is 2.59 bits per heavy atom. The molecule has 0 aromatic carbocycles. The predicted octanol–water partition coefficient (Wildman–Crippen LogP) is 1.13. The molecule has 1 unspecified atom stereocenters. The third-order valence-electron chi connectivity index (χ3n) is 2.11. The number of hydrogen-bond donors (Lipinski definition) is 1. The highest BCUT2D eigenvalue weighted by Gasteiger charge is 2.32. The van der Waals surface area contributed by atoms with Crippen LogP contribution < -0.4 is 5.32 Å². The molecule has 1 fully saturated rings. The van der Waals surface area contributed by atoms with Crippen molar-refractivity contribution in [2.75, 3.05) is 13.2 Å². The topological polar surface area (TPSA) is 47.6 Å². The molecule has 0 bridgehead atoms. The number of carbonyl (C=O) groups is 1. The fourth-order valence-corrected chi connectivity index (χ4v) is 1.85. The zero-order valence-corrected chi connectivity index (χ0v) is 12.2. The van der Waals surface area contributed by atoms with E-state index >= 15 is 0 Å². The summed E-state index contributed by atoms with van der Waals surface area (Å²) in [6, 6.07) is 0. The highest BCUT2D eigenvalue weighted by Crippen LogP contribution is 2.21. The van der Waals surface area contributed by atoms with Gasteiger partial charge in [0.15, 0.2) is 5.79 Å². The third kappa shape index (κ3) is 5.87. The van der Waals surface area contributed by atoms with Crippen LogP contribution in [0.3, 0.4) is 0 Å². The van der Waals surface area contributed by atoms with E-state index in [1.165, 1.54) is 0 Å². The van der Waals surface area contributed by atoms with Gasteiger partial charge in [0.1, 0.15) is 14.2 Å². The molecule has 0 aromatic rings. The van der Waals surface area contributed by atoms with Gasteiger partial charge in [0.2, 0.25) is 0 Å². The zero-order valence-electron chi connectivity index (χ0n) is 11.2. The summed E-state index contributed by atoms with van der Waals surface area (Å²) in [7, 11) is -1.48. The molecule has 1 heterocycles. The monoisotopic (exact) mass is 255 g/mol. The van der Waals surface area contributed by atoms with E-state index in [1.807, 2.05) is 13.8 Å². The van der Waals surface area contributed by atoms with E-state index in [0.717, 1.165) is 0 Å². The van der Waals surface area contributed by atoms with Crippen molar-refractivity contribution in [3.05, 3.63) is 0 Å². The van der Waals surface area contributed by atoms with Crippen LogP contribution >= 0.6 is 0 Å². The standard InChI is InChI=1S/C12H21NO3Si/c1-12(2)15-9-10(16-12)8-13-11(14)6-7-17(3,4)5/h10H,8-9H2,1-5H3,(H,13,14). The summed E-state index contributed by atoms with van der Waals surface area (Å²) in [6.45, 7) is 11.0. The minimum atomic E-state index is -1.48. The van der Waals surface area contributed by atoms with Crippen LogP contribution in [0.1, 0.15) is 13.8 Å². The van der Waals surface area contributed by atoms with Crippen molar-refractivity contribution < 1.29 is 14.3 Å². The van der Waals surface area contributed by atoms with Crippen molar-refractivity contribution in [3.63, 3.8) is 0 Å². The van der Waals surface area contributed by atoms with E-state index in [-0.39, 0.29) is 12.0 Å². The Hall–Kier alpha value is -0.833. The van der Waals surface area contributed by atoms with Crippen molar-refractivity contribution in [2.45, 2.75) is 45.4 Å². The SMILES string of the molecule is CC1(C)OCC(CNC(=O)C#C[Si](C)(C)C)O1. The molecule has 5 heteroatoms. The summed E-state index contributed by atoms with van der Waals surface area (Å²) < 4.78 is 11.0. The first kappa shape index (κ1) is 14.2. The maximum absolute atomic E-state index is 11.4. The lowest BCUT2D eigenvalue weighted by atomic mass is 10.3. The second-order valence-corrected chi connectivity index (χ2v) is 10.4. The number of ether oxygens (including phenoxy) is 2. The van der Waals surface area contributed by atoms with Crippen LogP contribution in [0, 0.1) is 11.5 Å². The Morgan fingerprint density at radius 1 is 1.47 bits per heavy atom. The van der Waals surface area contributed by atoms with Crippen molar-refractivity contribution in [1.29, 1.82) is 0 Å². The van der Waals surface area contributed by atoms with Crippen molar-refractivity contribution in [1.82, 2.24) is 5.32 Å². The molecule has 0 aromatic heterocycles. The molecular formula is C12H21NO3Si. The van der Waals surface area contributed by atoms with Gasteiger partial charge in [0, 0.05) is 6.54 Å². The lowest BCUT2D eigenvalue weighted by molar-refractivity contribution is -0.138. The second-order valence-electron chi connectivity index (χ2n) is 5.66. The molecule has 17 heavy (non-hydrogen) atoms. The largest absolute Gasteiger partial charge is 0.348 e. The molecule has 0 aliphatic carbocycles. The van der Waals surface area contributed by atoms with Gasteiger partial charge in [-0.25, -0.2) is 0 Å². The van der Waals surface area contributed by atoms with Gasteiger partial charge in [0.05, 0.1) is 6.61 Å². The maximum atomic E-state index is 11.4. The van der Waals surface area contributed by atoms with Crippen LogP contribution in [0.15, 0.2) is 0 Å². The maximum Gasteiger partial charge on any atom is 0.295 e. The van der Waals surface area contributed by atoms with Gasteiger partial charge in [-0.3, -0.25) is 4.79 Å². The molecule has 0 radical (unpaired) electrons. The summed E-state index contributed by atoms with van der Waals surface area (Å²) >= 11 is 0. The summed E-state index contributed by atoms with van der Waals surface area (Å²) in [5, 5.41) is 2.74. The van der Waals surface area contributed by atoms with E-state index in [0.29, 0.717) is 13.2 Å². The summed E-state index contributed by atoms with van der Waals surface area (Å²) in [5.41, 5.74) is 3.02. The quantitative estimate of drug-likeness (QED) is 0.594. The van der Waals surface area contributed by atoms with Gasteiger partial charge in [-0.2, -0.15) is 0 Å². The number of hydrogen-bond acceptors (Lipinski definition) is 3. The smallest absolute Gasteiger partial charge is 0.295 e. The van der Waals surface area contributed by atoms with Gasteiger partial charge < -0.3 is 14.8 Å². The van der Waals surface area contributed by atoms with E-state index < -0.39 is 13.9 Å². The molecular weight excluding hydrogens is 234 g/mol. The number of rotatable bonds is 2. The van der Waals surface area contributed by atoms with Gasteiger partial charge in [-0.05, 0) is 19.8 Å². The first-order valence-corrected chi connectivity index (χ1v) is 9.31. The molecule has 1 atom stereocenters. The highest BCUT2D eigenvalue weighted by atomic mass is 28.3. The lowest BCUT2D eigenvalue weighted by Gasteiger charge is -2.16. The molecule has 1 aliphatic heterocycles. The molecule has 0 spiro atoms. The molecule has 1 N–H and O–H groups in total. The van der Waals surface area contributed by atoms with Gasteiger partial charge >= 0.3 is 0 Å². The fourth-order valence-electron chi connectivity index (χ4n) is 1.36. The summed E-state index contributed by atoms with van der Waals surface area (Å²) in [5.74, 6) is 1.85. The summed E-state index contributed by atoms with van der Waals surface area (Å²) in [4.78, 5) is 11.4. The van der Waals surface area contributed by atoms with Crippen LogP contribution in [-0.4, -0.2) is 39.0 Å². The van der Waals surface area contributed by atoms with Crippen LogP contribution in [0.4, 0.5) is 0 Å². The Bertz CT molecular complexity index is 349. The van der Waals surface area contributed by atoms with Crippen molar-refractivity contribution >= 4 is 14.0 Å². The molecule has 1 amide bonds. The zero-order chi connectivity index (χ0) is 13.1. The predicted molar refractivity (Wildman–Crippen MR) is 69.0 cm³/mol. The Morgan fingerprint density at radius 2 is 2.12 bits per heavy atom. The molecule has 96 valence electrons. The average Bonchev–Trinajstić information content (AvgIpc) is 2.51. The van der Waals surface area contributed by atoms with E-state index in [9.17, 15) is 4.79 Å². The Labute approximate surface area is 104 Å². The molecule has 1 rings (SSSR count). The van der Waals surface area contributed by atoms with E-state index in [1.54, 1.807) is 0 Å². The summed E-state index contributed by atoms with van der Waals surface area (Å²) in [6.07, 6.45) is -0.0809. The number of nitrogens with one attached hydrogen (secondary N) is 1. The highest BCUT2D eigenvalue weighted by molar-refractivity contribution is 6.84. The van der Waals surface area contributed by atoms with E-state index in [2.05, 4.69) is 36.4 Å². The molecule has 0 saturated carbocycles. The normalized spacial score (nSPS) is 22.8. The minimum Gasteiger partial charge on any atom is -0.348 e.